The Morgan fingerprint density at radius 1 is 1.26 bits per heavy atom. The summed E-state index contributed by atoms with van der Waals surface area (Å²) in [5.41, 5.74) is 1.37. The molecule has 0 aliphatic rings. The van der Waals surface area contributed by atoms with E-state index in [0.717, 1.165) is 5.75 Å². The average Bonchev–Trinajstić information content (AvgIpc) is 2.33. The molecule has 0 amide bonds. The fraction of sp³-hybridized carbons (Fsp3) is 0.625. The molecule has 1 rings (SSSR count). The standard InChI is InChI=1S/C16H27NO2/c1-12(2)17-14(10-18)11-19-15-8-6-7-13(9-15)16(3,4)5/h6-9,12,14,17-18H,10-11H2,1-5H3. The molecule has 1 aromatic carbocycles. The molecule has 0 bridgehead atoms. The summed E-state index contributed by atoms with van der Waals surface area (Å²) in [6, 6.07) is 8.46. The first-order valence-corrected chi connectivity index (χ1v) is 6.93. The van der Waals surface area contributed by atoms with E-state index in [-0.39, 0.29) is 18.1 Å². The Bertz CT molecular complexity index is 383. The van der Waals surface area contributed by atoms with Crippen LogP contribution in [0.4, 0.5) is 0 Å². The Balaban J connectivity index is 2.62. The van der Waals surface area contributed by atoms with Crippen LogP contribution in [0.1, 0.15) is 40.2 Å². The second kappa shape index (κ2) is 6.92. The third kappa shape index (κ3) is 5.62. The van der Waals surface area contributed by atoms with Crippen molar-refractivity contribution in [3.8, 4) is 5.75 Å². The highest BCUT2D eigenvalue weighted by Crippen LogP contribution is 2.25. The Hall–Kier alpha value is -1.06. The summed E-state index contributed by atoms with van der Waals surface area (Å²) in [4.78, 5) is 0. The zero-order valence-electron chi connectivity index (χ0n) is 12.7. The Morgan fingerprint density at radius 3 is 2.47 bits per heavy atom. The molecule has 0 aromatic heterocycles. The van der Waals surface area contributed by atoms with Gasteiger partial charge in [-0.2, -0.15) is 0 Å². The van der Waals surface area contributed by atoms with E-state index in [1.807, 2.05) is 12.1 Å². The molecule has 1 aromatic rings. The normalized spacial score (nSPS) is 13.6. The second-order valence-corrected chi connectivity index (χ2v) is 6.29. The molecular weight excluding hydrogens is 238 g/mol. The second-order valence-electron chi connectivity index (χ2n) is 6.29. The molecule has 0 spiro atoms. The van der Waals surface area contributed by atoms with Crippen LogP contribution < -0.4 is 10.1 Å². The summed E-state index contributed by atoms with van der Waals surface area (Å²) in [6.45, 7) is 11.2. The summed E-state index contributed by atoms with van der Waals surface area (Å²) >= 11 is 0. The van der Waals surface area contributed by atoms with Crippen LogP contribution in [-0.4, -0.2) is 30.4 Å². The van der Waals surface area contributed by atoms with Crippen molar-refractivity contribution in [1.29, 1.82) is 0 Å². The van der Waals surface area contributed by atoms with Gasteiger partial charge < -0.3 is 15.2 Å². The number of aliphatic hydroxyl groups is 1. The van der Waals surface area contributed by atoms with E-state index >= 15 is 0 Å². The highest BCUT2D eigenvalue weighted by atomic mass is 16.5. The van der Waals surface area contributed by atoms with Crippen LogP contribution in [0.5, 0.6) is 5.75 Å². The average molecular weight is 265 g/mol. The SMILES string of the molecule is CC(C)NC(CO)COc1cccc(C(C)(C)C)c1. The van der Waals surface area contributed by atoms with Gasteiger partial charge in [-0.3, -0.25) is 0 Å². The lowest BCUT2D eigenvalue weighted by atomic mass is 9.87. The fourth-order valence-corrected chi connectivity index (χ4v) is 1.87. The molecule has 0 fully saturated rings. The van der Waals surface area contributed by atoms with Crippen molar-refractivity contribution in [1.82, 2.24) is 5.32 Å². The van der Waals surface area contributed by atoms with Gasteiger partial charge in [-0.05, 0) is 23.1 Å². The number of ether oxygens (including phenoxy) is 1. The Morgan fingerprint density at radius 2 is 1.95 bits per heavy atom. The number of aliphatic hydroxyl groups excluding tert-OH is 1. The lowest BCUT2D eigenvalue weighted by molar-refractivity contribution is 0.177. The maximum atomic E-state index is 9.29. The maximum absolute atomic E-state index is 9.29. The van der Waals surface area contributed by atoms with Gasteiger partial charge >= 0.3 is 0 Å². The Kier molecular flexibility index (Phi) is 5.83. The zero-order chi connectivity index (χ0) is 14.5. The molecule has 0 aliphatic carbocycles. The smallest absolute Gasteiger partial charge is 0.119 e. The van der Waals surface area contributed by atoms with Crippen molar-refractivity contribution in [2.45, 2.75) is 52.1 Å². The summed E-state index contributed by atoms with van der Waals surface area (Å²) in [7, 11) is 0. The first-order chi connectivity index (χ1) is 8.82. The third-order valence-corrected chi connectivity index (χ3v) is 2.94. The molecule has 0 radical (unpaired) electrons. The number of rotatable bonds is 6. The summed E-state index contributed by atoms with van der Waals surface area (Å²) in [5, 5.41) is 12.6. The molecule has 1 unspecified atom stereocenters. The van der Waals surface area contributed by atoms with Gasteiger partial charge in [0.2, 0.25) is 0 Å². The van der Waals surface area contributed by atoms with Crippen LogP contribution in [0, 0.1) is 0 Å². The summed E-state index contributed by atoms with van der Waals surface area (Å²) in [6.07, 6.45) is 0. The van der Waals surface area contributed by atoms with Gasteiger partial charge in [0, 0.05) is 6.04 Å². The molecule has 0 saturated heterocycles. The van der Waals surface area contributed by atoms with Crippen LogP contribution >= 0.6 is 0 Å². The highest BCUT2D eigenvalue weighted by molar-refractivity contribution is 5.32. The molecular formula is C16H27NO2. The van der Waals surface area contributed by atoms with Crippen LogP contribution in [-0.2, 0) is 5.41 Å². The van der Waals surface area contributed by atoms with E-state index in [4.69, 9.17) is 4.74 Å². The van der Waals surface area contributed by atoms with Crippen LogP contribution in [0.15, 0.2) is 24.3 Å². The van der Waals surface area contributed by atoms with E-state index in [9.17, 15) is 5.11 Å². The maximum Gasteiger partial charge on any atom is 0.119 e. The van der Waals surface area contributed by atoms with Crippen molar-refractivity contribution in [3.63, 3.8) is 0 Å². The third-order valence-electron chi connectivity index (χ3n) is 2.94. The van der Waals surface area contributed by atoms with Crippen LogP contribution in [0.25, 0.3) is 0 Å². The van der Waals surface area contributed by atoms with Crippen molar-refractivity contribution in [2.75, 3.05) is 13.2 Å². The number of nitrogens with one attached hydrogen (secondary N) is 1. The molecule has 19 heavy (non-hydrogen) atoms. The lowest BCUT2D eigenvalue weighted by Gasteiger charge is -2.22. The van der Waals surface area contributed by atoms with E-state index in [2.05, 4.69) is 52.1 Å². The molecule has 0 heterocycles. The zero-order valence-corrected chi connectivity index (χ0v) is 12.7. The topological polar surface area (TPSA) is 41.5 Å². The van der Waals surface area contributed by atoms with Gasteiger partial charge in [-0.1, -0.05) is 46.8 Å². The number of benzene rings is 1. The van der Waals surface area contributed by atoms with Gasteiger partial charge in [0.05, 0.1) is 12.6 Å². The fourth-order valence-electron chi connectivity index (χ4n) is 1.87. The quantitative estimate of drug-likeness (QED) is 0.831. The largest absolute Gasteiger partial charge is 0.492 e. The molecule has 2 N–H and O–H groups in total. The number of hydrogen-bond donors (Lipinski definition) is 2. The monoisotopic (exact) mass is 265 g/mol. The van der Waals surface area contributed by atoms with Gasteiger partial charge in [0.25, 0.3) is 0 Å². The van der Waals surface area contributed by atoms with Crippen molar-refractivity contribution >= 4 is 0 Å². The first-order valence-electron chi connectivity index (χ1n) is 6.93. The lowest BCUT2D eigenvalue weighted by Crippen LogP contribution is -2.41. The predicted octanol–water partition coefficient (Wildman–Crippen LogP) is 2.72. The summed E-state index contributed by atoms with van der Waals surface area (Å²) in [5.74, 6) is 0.858. The molecule has 1 atom stereocenters. The van der Waals surface area contributed by atoms with Crippen LogP contribution in [0.3, 0.4) is 0 Å². The van der Waals surface area contributed by atoms with Crippen molar-refractivity contribution in [3.05, 3.63) is 29.8 Å². The first kappa shape index (κ1) is 16.0. The number of hydrogen-bond acceptors (Lipinski definition) is 3. The van der Waals surface area contributed by atoms with E-state index < -0.39 is 0 Å². The minimum absolute atomic E-state index is 0.0294. The van der Waals surface area contributed by atoms with Crippen LogP contribution in [0.2, 0.25) is 0 Å². The molecule has 3 heteroatoms. The molecule has 0 aliphatic heterocycles. The molecule has 3 nitrogen and oxygen atoms in total. The van der Waals surface area contributed by atoms with Crippen molar-refractivity contribution < 1.29 is 9.84 Å². The minimum atomic E-state index is -0.0294. The van der Waals surface area contributed by atoms with E-state index in [1.54, 1.807) is 0 Å². The van der Waals surface area contributed by atoms with Crippen molar-refractivity contribution in [2.24, 2.45) is 0 Å². The summed E-state index contributed by atoms with van der Waals surface area (Å²) < 4.78 is 5.77. The van der Waals surface area contributed by atoms with Gasteiger partial charge in [0.15, 0.2) is 0 Å². The Labute approximate surface area is 117 Å². The van der Waals surface area contributed by atoms with E-state index in [0.29, 0.717) is 12.6 Å². The highest BCUT2D eigenvalue weighted by Gasteiger charge is 2.14. The van der Waals surface area contributed by atoms with Gasteiger partial charge in [-0.25, -0.2) is 0 Å². The predicted molar refractivity (Wildman–Crippen MR) is 79.8 cm³/mol. The van der Waals surface area contributed by atoms with Gasteiger partial charge in [0.1, 0.15) is 12.4 Å². The molecule has 0 saturated carbocycles. The minimum Gasteiger partial charge on any atom is -0.492 e. The molecule has 108 valence electrons. The van der Waals surface area contributed by atoms with Gasteiger partial charge in [-0.15, -0.1) is 0 Å². The van der Waals surface area contributed by atoms with E-state index in [1.165, 1.54) is 5.56 Å².